The molecule has 0 amide bonds. The highest BCUT2D eigenvalue weighted by molar-refractivity contribution is 5.43. The van der Waals surface area contributed by atoms with Gasteiger partial charge in [-0.1, -0.05) is 6.07 Å². The third-order valence-electron chi connectivity index (χ3n) is 5.05. The molecule has 26 heavy (non-hydrogen) atoms. The first kappa shape index (κ1) is 19.4. The fourth-order valence-electron chi connectivity index (χ4n) is 3.65. The second-order valence-electron chi connectivity index (χ2n) is 7.20. The van der Waals surface area contributed by atoms with Crippen LogP contribution in [0.5, 0.6) is 11.5 Å². The molecule has 2 fully saturated rings. The highest BCUT2D eigenvalue weighted by atomic mass is 16.5. The Balaban J connectivity index is 1.52. The van der Waals surface area contributed by atoms with Gasteiger partial charge in [-0.2, -0.15) is 0 Å². The van der Waals surface area contributed by atoms with Gasteiger partial charge in [-0.25, -0.2) is 0 Å². The summed E-state index contributed by atoms with van der Waals surface area (Å²) in [6.07, 6.45) is 3.06. The molecule has 0 aromatic heterocycles. The monoisotopic (exact) mass is 364 g/mol. The number of benzene rings is 1. The van der Waals surface area contributed by atoms with Gasteiger partial charge in [-0.3, -0.25) is 4.90 Å². The van der Waals surface area contributed by atoms with Crippen molar-refractivity contribution < 1.29 is 19.3 Å². The topological polar surface area (TPSA) is 54.4 Å². The predicted molar refractivity (Wildman–Crippen MR) is 101 cm³/mol. The van der Waals surface area contributed by atoms with Gasteiger partial charge >= 0.3 is 0 Å². The Labute approximate surface area is 156 Å². The Kier molecular flexibility index (Phi) is 7.55. The highest BCUT2D eigenvalue weighted by Gasteiger charge is 2.17. The van der Waals surface area contributed by atoms with Gasteiger partial charge in [0.2, 0.25) is 0 Å². The van der Waals surface area contributed by atoms with E-state index in [0.29, 0.717) is 12.3 Å². The number of aliphatic hydroxyl groups is 1. The maximum Gasteiger partial charge on any atom is 0.161 e. The van der Waals surface area contributed by atoms with Crippen LogP contribution < -0.4 is 9.47 Å². The van der Waals surface area contributed by atoms with Crippen LogP contribution >= 0.6 is 0 Å². The Morgan fingerprint density at radius 3 is 2.65 bits per heavy atom. The lowest BCUT2D eigenvalue weighted by Crippen LogP contribution is -2.33. The molecule has 0 spiro atoms. The minimum absolute atomic E-state index is 0.287. The van der Waals surface area contributed by atoms with Crippen molar-refractivity contribution >= 4 is 0 Å². The summed E-state index contributed by atoms with van der Waals surface area (Å²) < 4.78 is 16.8. The number of ether oxygens (including phenoxy) is 3. The average molecular weight is 364 g/mol. The van der Waals surface area contributed by atoms with Crippen LogP contribution in [0.4, 0.5) is 0 Å². The number of β-amino-alcohol motifs (C(OH)–C–C–N with tert-alkyl or cyclic N) is 1. The molecule has 2 saturated heterocycles. The first-order chi connectivity index (χ1) is 12.7. The van der Waals surface area contributed by atoms with Crippen LogP contribution in [-0.2, 0) is 11.3 Å². The Hall–Kier alpha value is -1.34. The van der Waals surface area contributed by atoms with Gasteiger partial charge in [0, 0.05) is 32.8 Å². The molecule has 0 aliphatic carbocycles. The van der Waals surface area contributed by atoms with Crippen molar-refractivity contribution in [3.8, 4) is 11.5 Å². The van der Waals surface area contributed by atoms with E-state index in [-0.39, 0.29) is 6.61 Å². The minimum Gasteiger partial charge on any atom is -0.493 e. The van der Waals surface area contributed by atoms with E-state index in [2.05, 4.69) is 15.9 Å². The van der Waals surface area contributed by atoms with Crippen LogP contribution in [0.15, 0.2) is 18.2 Å². The van der Waals surface area contributed by atoms with Gasteiger partial charge in [0.25, 0.3) is 0 Å². The molecule has 0 bridgehead atoms. The Morgan fingerprint density at radius 2 is 1.85 bits per heavy atom. The normalized spacial score (nSPS) is 20.7. The summed E-state index contributed by atoms with van der Waals surface area (Å²) in [6.45, 7) is 7.68. The molecule has 0 saturated carbocycles. The van der Waals surface area contributed by atoms with E-state index in [1.807, 2.05) is 12.1 Å². The second kappa shape index (κ2) is 10.1. The Morgan fingerprint density at radius 1 is 1.04 bits per heavy atom. The van der Waals surface area contributed by atoms with Crippen LogP contribution in [0.25, 0.3) is 0 Å². The lowest BCUT2D eigenvalue weighted by Gasteiger charge is -2.21. The molecule has 2 aliphatic rings. The average Bonchev–Trinajstić information content (AvgIpc) is 3.02. The van der Waals surface area contributed by atoms with E-state index in [1.165, 1.54) is 18.4 Å². The number of likely N-dealkylation sites (tertiary alicyclic amines) is 1. The lowest BCUT2D eigenvalue weighted by atomic mass is 10.2. The first-order valence-corrected chi connectivity index (χ1v) is 9.75. The standard InChI is InChI=1S/C20H32N2O4/c1-24-20-13-17(14-22-9-4-11-25-12-10-22)5-6-19(20)26-16-18(23)15-21-7-2-3-8-21/h5-6,13,18,23H,2-4,7-12,14-16H2,1H3/t18-/m1/s1. The van der Waals surface area contributed by atoms with Crippen molar-refractivity contribution in [2.45, 2.75) is 31.9 Å². The largest absolute Gasteiger partial charge is 0.493 e. The number of rotatable bonds is 8. The van der Waals surface area contributed by atoms with Crippen molar-refractivity contribution in [3.05, 3.63) is 23.8 Å². The molecule has 0 radical (unpaired) electrons. The highest BCUT2D eigenvalue weighted by Crippen LogP contribution is 2.29. The smallest absolute Gasteiger partial charge is 0.161 e. The molecule has 6 heteroatoms. The molecule has 2 aliphatic heterocycles. The second-order valence-corrected chi connectivity index (χ2v) is 7.20. The molecule has 1 aromatic carbocycles. The fraction of sp³-hybridized carbons (Fsp3) is 0.700. The van der Waals surface area contributed by atoms with Gasteiger partial charge in [0.15, 0.2) is 11.5 Å². The summed E-state index contributed by atoms with van der Waals surface area (Å²) in [4.78, 5) is 4.70. The third kappa shape index (κ3) is 5.84. The summed E-state index contributed by atoms with van der Waals surface area (Å²) in [6, 6.07) is 6.06. The Bertz CT molecular complexity index is 541. The number of nitrogens with zero attached hydrogens (tertiary/aromatic N) is 2. The summed E-state index contributed by atoms with van der Waals surface area (Å²) >= 11 is 0. The van der Waals surface area contributed by atoms with Gasteiger partial charge < -0.3 is 24.2 Å². The molecular formula is C20H32N2O4. The van der Waals surface area contributed by atoms with Crippen LogP contribution in [0.3, 0.4) is 0 Å². The first-order valence-electron chi connectivity index (χ1n) is 9.75. The summed E-state index contributed by atoms with van der Waals surface area (Å²) in [7, 11) is 1.66. The fourth-order valence-corrected chi connectivity index (χ4v) is 3.65. The summed E-state index contributed by atoms with van der Waals surface area (Å²) in [5, 5.41) is 10.2. The lowest BCUT2D eigenvalue weighted by molar-refractivity contribution is 0.0747. The number of hydrogen-bond acceptors (Lipinski definition) is 6. The minimum atomic E-state index is -0.477. The van der Waals surface area contributed by atoms with Crippen LogP contribution in [0.1, 0.15) is 24.8 Å². The number of hydrogen-bond donors (Lipinski definition) is 1. The van der Waals surface area contributed by atoms with Crippen LogP contribution in [-0.4, -0.2) is 80.7 Å². The van der Waals surface area contributed by atoms with Crippen molar-refractivity contribution in [1.82, 2.24) is 9.80 Å². The third-order valence-corrected chi connectivity index (χ3v) is 5.05. The maximum absolute atomic E-state index is 10.2. The van der Waals surface area contributed by atoms with E-state index in [9.17, 15) is 5.11 Å². The van der Waals surface area contributed by atoms with E-state index in [0.717, 1.165) is 58.1 Å². The van der Waals surface area contributed by atoms with Crippen molar-refractivity contribution in [2.24, 2.45) is 0 Å². The quantitative estimate of drug-likeness (QED) is 0.759. The summed E-state index contributed by atoms with van der Waals surface area (Å²) in [5.74, 6) is 1.41. The maximum atomic E-state index is 10.2. The van der Waals surface area contributed by atoms with E-state index >= 15 is 0 Å². The molecular weight excluding hydrogens is 332 g/mol. The molecule has 146 valence electrons. The molecule has 3 rings (SSSR count). The number of methoxy groups -OCH3 is 1. The van der Waals surface area contributed by atoms with Gasteiger partial charge in [0.1, 0.15) is 12.7 Å². The van der Waals surface area contributed by atoms with Gasteiger partial charge in [-0.05, 0) is 50.0 Å². The molecule has 1 N–H and O–H groups in total. The van der Waals surface area contributed by atoms with E-state index in [1.54, 1.807) is 7.11 Å². The zero-order chi connectivity index (χ0) is 18.2. The van der Waals surface area contributed by atoms with E-state index in [4.69, 9.17) is 14.2 Å². The molecule has 0 unspecified atom stereocenters. The SMILES string of the molecule is COc1cc(CN2CCCOCC2)ccc1OC[C@H](O)CN1CCCC1. The zero-order valence-corrected chi connectivity index (χ0v) is 15.9. The predicted octanol–water partition coefficient (Wildman–Crippen LogP) is 1.75. The zero-order valence-electron chi connectivity index (χ0n) is 15.9. The van der Waals surface area contributed by atoms with Crippen LogP contribution in [0, 0.1) is 0 Å². The van der Waals surface area contributed by atoms with E-state index < -0.39 is 6.10 Å². The van der Waals surface area contributed by atoms with Gasteiger partial charge in [-0.15, -0.1) is 0 Å². The van der Waals surface area contributed by atoms with Gasteiger partial charge in [0.05, 0.1) is 13.7 Å². The summed E-state index contributed by atoms with van der Waals surface area (Å²) in [5.41, 5.74) is 1.20. The number of aliphatic hydroxyl groups excluding tert-OH is 1. The molecule has 1 aromatic rings. The van der Waals surface area contributed by atoms with Crippen molar-refractivity contribution in [3.63, 3.8) is 0 Å². The molecule has 2 heterocycles. The van der Waals surface area contributed by atoms with Crippen molar-refractivity contribution in [2.75, 3.05) is 59.7 Å². The van der Waals surface area contributed by atoms with Crippen molar-refractivity contribution in [1.29, 1.82) is 0 Å². The molecule has 6 nitrogen and oxygen atoms in total. The van der Waals surface area contributed by atoms with Crippen LogP contribution in [0.2, 0.25) is 0 Å². The molecule has 1 atom stereocenters.